The molecule has 0 atom stereocenters. The Morgan fingerprint density at radius 3 is 1.46 bits per heavy atom. The van der Waals surface area contributed by atoms with Crippen molar-refractivity contribution in [3.63, 3.8) is 0 Å². The Balaban J connectivity index is 1.66. The first-order chi connectivity index (χ1) is 13.6. The number of aromatic nitrogens is 6. The van der Waals surface area contributed by atoms with Gasteiger partial charge in [-0.3, -0.25) is 0 Å². The minimum atomic E-state index is 0.0662. The molecule has 154 valence electrons. The molecule has 2 aromatic heterocycles. The molecule has 2 aromatic rings. The lowest BCUT2D eigenvalue weighted by atomic mass is 10.3. The molecule has 9 N–H and O–H groups in total. The highest BCUT2D eigenvalue weighted by atomic mass is 19.3. The highest BCUT2D eigenvalue weighted by molar-refractivity contribution is 5.40. The van der Waals surface area contributed by atoms with Crippen LogP contribution >= 0.6 is 0 Å². The van der Waals surface area contributed by atoms with Gasteiger partial charge in [-0.05, 0) is 30.2 Å². The smallest absolute Gasteiger partial charge is 0.229 e. The Hall–Kier alpha value is -3.29. The van der Waals surface area contributed by atoms with Gasteiger partial charge in [-0.25, -0.2) is 0 Å². The third kappa shape index (κ3) is 7.94. The first-order valence-corrected chi connectivity index (χ1v) is 8.80. The van der Waals surface area contributed by atoms with Gasteiger partial charge >= 0.3 is 0 Å². The maximum atomic E-state index is 11.6. The lowest BCUT2D eigenvalue weighted by Crippen LogP contribution is -2.14. The number of halogens is 1. The van der Waals surface area contributed by atoms with Crippen LogP contribution in [-0.2, 0) is 4.94 Å². The molecule has 0 unspecified atom stereocenters. The number of nitrogen functional groups attached to an aromatic ring is 3. The van der Waals surface area contributed by atoms with Crippen molar-refractivity contribution in [2.45, 2.75) is 25.7 Å². The second-order valence-electron chi connectivity index (χ2n) is 5.72. The number of hydrogen-bond donors (Lipinski definition) is 6. The molecule has 0 spiro atoms. The van der Waals surface area contributed by atoms with E-state index in [4.69, 9.17) is 17.2 Å². The van der Waals surface area contributed by atoms with Crippen molar-refractivity contribution >= 4 is 35.7 Å². The normalized spacial score (nSPS) is 10.6. The third-order valence-electron chi connectivity index (χ3n) is 3.42. The second-order valence-corrected chi connectivity index (χ2v) is 5.72. The molecule has 2 heterocycles. The summed E-state index contributed by atoms with van der Waals surface area (Å²) in [7, 11) is 0. The topological polar surface area (TPSA) is 201 Å². The average molecular weight is 396 g/mol. The van der Waals surface area contributed by atoms with Crippen molar-refractivity contribution in [1.82, 2.24) is 29.9 Å². The van der Waals surface area contributed by atoms with E-state index < -0.39 is 0 Å². The molecule has 0 fully saturated rings. The van der Waals surface area contributed by atoms with E-state index >= 15 is 0 Å². The number of rotatable bonds is 13. The summed E-state index contributed by atoms with van der Waals surface area (Å²) in [5.41, 5.74) is 16.7. The number of nitrogens with one attached hydrogen (secondary N) is 3. The minimum absolute atomic E-state index is 0.0662. The van der Waals surface area contributed by atoms with Crippen molar-refractivity contribution < 1.29 is 9.47 Å². The molecule has 0 aliphatic carbocycles. The third-order valence-corrected chi connectivity index (χ3v) is 3.42. The zero-order chi connectivity index (χ0) is 20.2. The summed E-state index contributed by atoms with van der Waals surface area (Å²) in [6, 6.07) is 0. The molecule has 0 aliphatic heterocycles. The Morgan fingerprint density at radius 2 is 1.00 bits per heavy atom. The summed E-state index contributed by atoms with van der Waals surface area (Å²) >= 11 is 0. The number of hydrogen-bond acceptors (Lipinski definition) is 13. The zero-order valence-electron chi connectivity index (χ0n) is 15.4. The number of nitrogens with zero attached hydrogens (tertiary/aromatic N) is 6. The van der Waals surface area contributed by atoms with Gasteiger partial charge in [0, 0.05) is 19.6 Å². The van der Waals surface area contributed by atoms with Gasteiger partial charge in [-0.2, -0.15) is 34.8 Å². The van der Waals surface area contributed by atoms with Crippen LogP contribution in [0.4, 0.5) is 40.2 Å². The first kappa shape index (κ1) is 21.0. The Kier molecular flexibility index (Phi) is 8.58. The summed E-state index contributed by atoms with van der Waals surface area (Å²) in [5, 5.41) is 9.13. The quantitative estimate of drug-likeness (QED) is 0.251. The molecule has 0 saturated carbocycles. The largest absolute Gasteiger partial charge is 0.368 e. The van der Waals surface area contributed by atoms with E-state index in [1.807, 2.05) is 0 Å². The van der Waals surface area contributed by atoms with Crippen LogP contribution in [0.25, 0.3) is 0 Å². The van der Waals surface area contributed by atoms with E-state index in [0.29, 0.717) is 50.3 Å². The second kappa shape index (κ2) is 11.4. The van der Waals surface area contributed by atoms with E-state index in [2.05, 4.69) is 50.8 Å². The SMILES string of the molecule is Nc1nc(N)nc(NCCCCNc2nc(N)nc(NCCCCOF)n2)n1. The molecule has 0 bridgehead atoms. The Bertz CT molecular complexity index is 713. The Morgan fingerprint density at radius 1 is 0.607 bits per heavy atom. The molecular weight excluding hydrogens is 371 g/mol. The van der Waals surface area contributed by atoms with Crippen molar-refractivity contribution in [3.8, 4) is 0 Å². The Labute approximate surface area is 161 Å². The van der Waals surface area contributed by atoms with Gasteiger partial charge in [-0.15, -0.1) is 0 Å². The van der Waals surface area contributed by atoms with Crippen LogP contribution in [0.15, 0.2) is 0 Å². The maximum Gasteiger partial charge on any atom is 0.229 e. The molecule has 0 saturated heterocycles. The van der Waals surface area contributed by atoms with Crippen LogP contribution < -0.4 is 33.2 Å². The summed E-state index contributed by atoms with van der Waals surface area (Å²) in [6.45, 7) is 1.92. The fourth-order valence-electron chi connectivity index (χ4n) is 2.17. The zero-order valence-corrected chi connectivity index (χ0v) is 15.4. The number of nitrogens with two attached hydrogens (primary N) is 3. The van der Waals surface area contributed by atoms with Gasteiger partial charge < -0.3 is 33.2 Å². The summed E-state index contributed by atoms with van der Waals surface area (Å²) in [5.74, 6) is 1.35. The van der Waals surface area contributed by atoms with E-state index in [9.17, 15) is 4.53 Å². The predicted octanol–water partition coefficient (Wildman–Crippen LogP) is 0.201. The van der Waals surface area contributed by atoms with Crippen molar-refractivity contribution in [1.29, 1.82) is 0 Å². The van der Waals surface area contributed by atoms with E-state index in [-0.39, 0.29) is 24.5 Å². The summed E-state index contributed by atoms with van der Waals surface area (Å²) < 4.78 is 11.6. The molecule has 28 heavy (non-hydrogen) atoms. The molecule has 0 radical (unpaired) electrons. The van der Waals surface area contributed by atoms with Crippen LogP contribution in [0.3, 0.4) is 0 Å². The predicted molar refractivity (Wildman–Crippen MR) is 104 cm³/mol. The standard InChI is InChI=1S/C14H25FN12O/c15-28-8-4-3-7-21-14-26-11(18)25-13(27-14)20-6-2-1-5-19-12-23-9(16)22-10(17)24-12/h1-8H2,(H5,16,17,19,22,23,24)(H4,18,20,21,25,26,27). The van der Waals surface area contributed by atoms with Crippen LogP contribution in [0.1, 0.15) is 25.7 Å². The molecule has 13 nitrogen and oxygen atoms in total. The molecule has 0 amide bonds. The molecular formula is C14H25FN12O. The van der Waals surface area contributed by atoms with Gasteiger partial charge in [0.2, 0.25) is 35.7 Å². The van der Waals surface area contributed by atoms with Gasteiger partial charge in [0.05, 0.1) is 6.61 Å². The van der Waals surface area contributed by atoms with Gasteiger partial charge in [0.1, 0.15) is 0 Å². The lowest BCUT2D eigenvalue weighted by molar-refractivity contribution is -0.132. The highest BCUT2D eigenvalue weighted by Crippen LogP contribution is 2.08. The van der Waals surface area contributed by atoms with E-state index in [1.54, 1.807) is 0 Å². The van der Waals surface area contributed by atoms with Crippen molar-refractivity contribution in [2.75, 3.05) is 59.4 Å². The van der Waals surface area contributed by atoms with Crippen molar-refractivity contribution in [3.05, 3.63) is 0 Å². The van der Waals surface area contributed by atoms with E-state index in [0.717, 1.165) is 12.8 Å². The molecule has 0 aromatic carbocycles. The van der Waals surface area contributed by atoms with Crippen molar-refractivity contribution in [2.24, 2.45) is 0 Å². The van der Waals surface area contributed by atoms with Crippen LogP contribution in [-0.4, -0.2) is 56.1 Å². The summed E-state index contributed by atoms with van der Waals surface area (Å²) in [4.78, 5) is 27.4. The van der Waals surface area contributed by atoms with Gasteiger partial charge in [0.15, 0.2) is 0 Å². The van der Waals surface area contributed by atoms with Crippen LogP contribution in [0.2, 0.25) is 0 Å². The van der Waals surface area contributed by atoms with E-state index in [1.165, 1.54) is 0 Å². The van der Waals surface area contributed by atoms with Gasteiger partial charge in [0.25, 0.3) is 0 Å². The molecule has 2 rings (SSSR count). The first-order valence-electron chi connectivity index (χ1n) is 8.80. The average Bonchev–Trinajstić information content (AvgIpc) is 2.63. The number of unbranched alkanes of at least 4 members (excludes halogenated alkanes) is 2. The monoisotopic (exact) mass is 396 g/mol. The fourth-order valence-corrected chi connectivity index (χ4v) is 2.17. The molecule has 0 aliphatic rings. The maximum absolute atomic E-state index is 11.6. The molecule has 14 heteroatoms. The van der Waals surface area contributed by atoms with Gasteiger partial charge in [-0.1, -0.05) is 0 Å². The summed E-state index contributed by atoms with van der Waals surface area (Å²) in [6.07, 6.45) is 2.97. The number of anilines is 6. The van der Waals surface area contributed by atoms with Crippen LogP contribution in [0, 0.1) is 0 Å². The van der Waals surface area contributed by atoms with Crippen LogP contribution in [0.5, 0.6) is 0 Å². The minimum Gasteiger partial charge on any atom is -0.368 e. The fraction of sp³-hybridized carbons (Fsp3) is 0.571. The lowest BCUT2D eigenvalue weighted by Gasteiger charge is -2.09. The highest BCUT2D eigenvalue weighted by Gasteiger charge is 2.04.